The highest BCUT2D eigenvalue weighted by atomic mass is 15.3. The molecule has 0 aliphatic heterocycles. The third-order valence-corrected chi connectivity index (χ3v) is 2.59. The normalized spacial score (nSPS) is 10.6. The summed E-state index contributed by atoms with van der Waals surface area (Å²) in [6, 6.07) is 18.1. The Morgan fingerprint density at radius 3 is 2.33 bits per heavy atom. The molecule has 0 atom stereocenters. The second-order valence-electron chi connectivity index (χ2n) is 4.19. The fourth-order valence-electron chi connectivity index (χ4n) is 1.69. The Balaban J connectivity index is 2.10. The molecule has 0 aromatic heterocycles. The van der Waals surface area contributed by atoms with E-state index < -0.39 is 0 Å². The Kier molecular flexibility index (Phi) is 3.97. The van der Waals surface area contributed by atoms with E-state index in [0.717, 1.165) is 16.9 Å². The van der Waals surface area contributed by atoms with Gasteiger partial charge in [0.1, 0.15) is 0 Å². The van der Waals surface area contributed by atoms with Gasteiger partial charge in [-0.15, -0.1) is 0 Å². The minimum Gasteiger partial charge on any atom is -0.377 e. The molecule has 0 aliphatic carbocycles. The van der Waals surface area contributed by atoms with Crippen LogP contribution in [0.15, 0.2) is 59.7 Å². The van der Waals surface area contributed by atoms with Crippen LogP contribution >= 0.6 is 0 Å². The van der Waals surface area contributed by atoms with Gasteiger partial charge in [-0.05, 0) is 18.2 Å². The Morgan fingerprint density at radius 1 is 0.944 bits per heavy atom. The summed E-state index contributed by atoms with van der Waals surface area (Å²) in [4.78, 5) is 2.07. The van der Waals surface area contributed by atoms with E-state index in [1.165, 1.54) is 0 Å². The van der Waals surface area contributed by atoms with Crippen molar-refractivity contribution in [1.82, 2.24) is 0 Å². The summed E-state index contributed by atoms with van der Waals surface area (Å²) in [5.74, 6) is 0. The van der Waals surface area contributed by atoms with E-state index in [4.69, 9.17) is 0 Å². The molecule has 1 N–H and O–H groups in total. The first-order valence-corrected chi connectivity index (χ1v) is 5.88. The largest absolute Gasteiger partial charge is 0.377 e. The average molecular weight is 239 g/mol. The first kappa shape index (κ1) is 12.2. The van der Waals surface area contributed by atoms with Crippen molar-refractivity contribution in [3.63, 3.8) is 0 Å². The van der Waals surface area contributed by atoms with E-state index in [1.54, 1.807) is 0 Å². The second kappa shape index (κ2) is 5.87. The zero-order valence-corrected chi connectivity index (χ0v) is 10.7. The highest BCUT2D eigenvalue weighted by molar-refractivity contribution is 5.88. The molecule has 3 nitrogen and oxygen atoms in total. The van der Waals surface area contributed by atoms with Gasteiger partial charge in [0.05, 0.1) is 11.9 Å². The molecule has 0 amide bonds. The SMILES string of the molecule is CN(C)c1ccccc1C=NNc1ccccc1. The van der Waals surface area contributed by atoms with Crippen LogP contribution < -0.4 is 10.3 Å². The number of nitrogens with zero attached hydrogens (tertiary/aromatic N) is 2. The summed E-state index contributed by atoms with van der Waals surface area (Å²) in [6.07, 6.45) is 1.84. The van der Waals surface area contributed by atoms with Crippen molar-refractivity contribution < 1.29 is 0 Å². The molecule has 0 fully saturated rings. The molecule has 2 aromatic rings. The quantitative estimate of drug-likeness (QED) is 0.655. The van der Waals surface area contributed by atoms with Gasteiger partial charge in [0, 0.05) is 25.3 Å². The van der Waals surface area contributed by atoms with Crippen LogP contribution in [0.1, 0.15) is 5.56 Å². The lowest BCUT2D eigenvalue weighted by atomic mass is 10.2. The molecule has 0 saturated heterocycles. The molecule has 0 saturated carbocycles. The van der Waals surface area contributed by atoms with Gasteiger partial charge in [-0.1, -0.05) is 36.4 Å². The Labute approximate surface area is 108 Å². The van der Waals surface area contributed by atoms with Crippen LogP contribution in [0.4, 0.5) is 11.4 Å². The van der Waals surface area contributed by atoms with Gasteiger partial charge in [-0.3, -0.25) is 5.43 Å². The zero-order valence-electron chi connectivity index (χ0n) is 10.7. The zero-order chi connectivity index (χ0) is 12.8. The lowest BCUT2D eigenvalue weighted by molar-refractivity contribution is 1.13. The van der Waals surface area contributed by atoms with Crippen molar-refractivity contribution in [3.05, 3.63) is 60.2 Å². The predicted octanol–water partition coefficient (Wildman–Crippen LogP) is 3.20. The van der Waals surface area contributed by atoms with Crippen molar-refractivity contribution in [3.8, 4) is 0 Å². The van der Waals surface area contributed by atoms with Crippen molar-refractivity contribution in [2.45, 2.75) is 0 Å². The number of anilines is 2. The number of benzene rings is 2. The Morgan fingerprint density at radius 2 is 1.61 bits per heavy atom. The molecule has 2 rings (SSSR count). The maximum atomic E-state index is 4.25. The van der Waals surface area contributed by atoms with Crippen molar-refractivity contribution >= 4 is 17.6 Å². The number of hydrogen-bond donors (Lipinski definition) is 1. The molecule has 92 valence electrons. The van der Waals surface area contributed by atoms with Gasteiger partial charge in [0.25, 0.3) is 0 Å². The first-order valence-electron chi connectivity index (χ1n) is 5.88. The maximum absolute atomic E-state index is 4.25. The van der Waals surface area contributed by atoms with E-state index in [2.05, 4.69) is 21.5 Å². The number of hydrazone groups is 1. The molecule has 0 aliphatic rings. The highest BCUT2D eigenvalue weighted by Gasteiger charge is 1.99. The number of para-hydroxylation sites is 2. The molecule has 18 heavy (non-hydrogen) atoms. The molecule has 0 radical (unpaired) electrons. The second-order valence-corrected chi connectivity index (χ2v) is 4.19. The van der Waals surface area contributed by atoms with Crippen LogP contribution in [0.5, 0.6) is 0 Å². The lowest BCUT2D eigenvalue weighted by Gasteiger charge is -2.14. The number of nitrogens with one attached hydrogen (secondary N) is 1. The van der Waals surface area contributed by atoms with E-state index >= 15 is 0 Å². The molecule has 2 aromatic carbocycles. The van der Waals surface area contributed by atoms with E-state index in [9.17, 15) is 0 Å². The molecule has 0 bridgehead atoms. The fourth-order valence-corrected chi connectivity index (χ4v) is 1.69. The van der Waals surface area contributed by atoms with Gasteiger partial charge in [-0.2, -0.15) is 5.10 Å². The maximum Gasteiger partial charge on any atom is 0.0565 e. The van der Waals surface area contributed by atoms with Crippen LogP contribution in [0, 0.1) is 0 Å². The summed E-state index contributed by atoms with van der Waals surface area (Å²) in [5, 5.41) is 4.25. The van der Waals surface area contributed by atoms with Gasteiger partial charge in [-0.25, -0.2) is 0 Å². The van der Waals surface area contributed by atoms with Gasteiger partial charge in [0.2, 0.25) is 0 Å². The topological polar surface area (TPSA) is 27.6 Å². The minimum atomic E-state index is 0.982. The molecular weight excluding hydrogens is 222 g/mol. The summed E-state index contributed by atoms with van der Waals surface area (Å²) in [6.45, 7) is 0. The van der Waals surface area contributed by atoms with E-state index in [-0.39, 0.29) is 0 Å². The third-order valence-electron chi connectivity index (χ3n) is 2.59. The third kappa shape index (κ3) is 3.10. The Hall–Kier alpha value is -2.29. The first-order chi connectivity index (χ1) is 8.77. The smallest absolute Gasteiger partial charge is 0.0565 e. The van der Waals surface area contributed by atoms with Gasteiger partial charge < -0.3 is 4.90 Å². The predicted molar refractivity (Wildman–Crippen MR) is 78.4 cm³/mol. The highest BCUT2D eigenvalue weighted by Crippen LogP contribution is 2.15. The minimum absolute atomic E-state index is 0.982. The van der Waals surface area contributed by atoms with Crippen LogP contribution in [0.3, 0.4) is 0 Å². The molecular formula is C15H17N3. The summed E-state index contributed by atoms with van der Waals surface area (Å²) >= 11 is 0. The van der Waals surface area contributed by atoms with Crippen molar-refractivity contribution in [1.29, 1.82) is 0 Å². The summed E-state index contributed by atoms with van der Waals surface area (Å²) in [7, 11) is 4.05. The van der Waals surface area contributed by atoms with E-state index in [1.807, 2.05) is 68.8 Å². The molecule has 0 heterocycles. The van der Waals surface area contributed by atoms with Crippen LogP contribution in [-0.2, 0) is 0 Å². The average Bonchev–Trinajstić information content (AvgIpc) is 2.40. The summed E-state index contributed by atoms with van der Waals surface area (Å²) < 4.78 is 0. The molecule has 0 spiro atoms. The van der Waals surface area contributed by atoms with Gasteiger partial charge in [0.15, 0.2) is 0 Å². The van der Waals surface area contributed by atoms with Crippen LogP contribution in [0.2, 0.25) is 0 Å². The fraction of sp³-hybridized carbons (Fsp3) is 0.133. The molecule has 3 heteroatoms. The standard InChI is InChI=1S/C15H17N3/c1-18(2)15-11-7-6-8-13(15)12-16-17-14-9-4-3-5-10-14/h3-12,17H,1-2H3. The van der Waals surface area contributed by atoms with Crippen LogP contribution in [-0.4, -0.2) is 20.3 Å². The van der Waals surface area contributed by atoms with E-state index in [0.29, 0.717) is 0 Å². The van der Waals surface area contributed by atoms with Crippen molar-refractivity contribution in [2.75, 3.05) is 24.4 Å². The lowest BCUT2D eigenvalue weighted by Crippen LogP contribution is -2.11. The number of hydrogen-bond acceptors (Lipinski definition) is 3. The molecule has 0 unspecified atom stereocenters. The number of rotatable bonds is 4. The Bertz CT molecular complexity index is 518. The van der Waals surface area contributed by atoms with Crippen LogP contribution in [0.25, 0.3) is 0 Å². The monoisotopic (exact) mass is 239 g/mol. The van der Waals surface area contributed by atoms with Gasteiger partial charge >= 0.3 is 0 Å². The van der Waals surface area contributed by atoms with Crippen molar-refractivity contribution in [2.24, 2.45) is 5.10 Å². The summed E-state index contributed by atoms with van der Waals surface area (Å²) in [5.41, 5.74) is 6.23.